The third-order valence-electron chi connectivity index (χ3n) is 4.86. The maximum atomic E-state index is 12.4. The van der Waals surface area contributed by atoms with Gasteiger partial charge < -0.3 is 16.0 Å². The Labute approximate surface area is 161 Å². The minimum Gasteiger partial charge on any atom is -0.366 e. The van der Waals surface area contributed by atoms with Crippen LogP contribution in [0.1, 0.15) is 40.7 Å². The summed E-state index contributed by atoms with van der Waals surface area (Å²) in [5.41, 5.74) is 8.07. The van der Waals surface area contributed by atoms with Gasteiger partial charge in [-0.2, -0.15) is 0 Å². The Morgan fingerprint density at radius 1 is 1.04 bits per heavy atom. The average Bonchev–Trinajstić information content (AvgIpc) is 2.65. The molecule has 0 unspecified atom stereocenters. The number of hydrogen-bond acceptors (Lipinski definition) is 3. The highest BCUT2D eigenvalue weighted by molar-refractivity contribution is 5.94. The van der Waals surface area contributed by atoms with Crippen molar-refractivity contribution in [3.63, 3.8) is 0 Å². The van der Waals surface area contributed by atoms with Gasteiger partial charge in [0.1, 0.15) is 0 Å². The molecule has 5 heteroatoms. The van der Waals surface area contributed by atoms with E-state index in [1.165, 1.54) is 0 Å². The molecule has 0 aliphatic carbocycles. The van der Waals surface area contributed by atoms with Crippen LogP contribution in [0.25, 0.3) is 0 Å². The number of amides is 2. The SMILES string of the molecule is C[C@@H](CC(=O)NC[C@@H](Cc1ccccc1C(N)=O)N(C)C)c1ccccc1. The lowest BCUT2D eigenvalue weighted by atomic mass is 9.97. The monoisotopic (exact) mass is 367 g/mol. The summed E-state index contributed by atoms with van der Waals surface area (Å²) in [6, 6.07) is 17.5. The Morgan fingerprint density at radius 2 is 1.67 bits per heavy atom. The third kappa shape index (κ3) is 6.22. The molecule has 0 saturated heterocycles. The molecule has 144 valence electrons. The van der Waals surface area contributed by atoms with E-state index < -0.39 is 5.91 Å². The number of nitrogens with zero attached hydrogens (tertiary/aromatic N) is 1. The van der Waals surface area contributed by atoms with Crippen LogP contribution in [-0.4, -0.2) is 43.4 Å². The topological polar surface area (TPSA) is 75.4 Å². The summed E-state index contributed by atoms with van der Waals surface area (Å²) in [4.78, 5) is 26.1. The molecule has 0 aliphatic rings. The molecule has 0 radical (unpaired) electrons. The highest BCUT2D eigenvalue weighted by atomic mass is 16.1. The second-order valence-corrected chi connectivity index (χ2v) is 7.16. The van der Waals surface area contributed by atoms with Gasteiger partial charge in [-0.3, -0.25) is 9.59 Å². The second kappa shape index (κ2) is 9.88. The molecule has 0 saturated carbocycles. The zero-order valence-corrected chi connectivity index (χ0v) is 16.3. The van der Waals surface area contributed by atoms with Crippen LogP contribution < -0.4 is 11.1 Å². The van der Waals surface area contributed by atoms with E-state index in [0.717, 1.165) is 11.1 Å². The van der Waals surface area contributed by atoms with Gasteiger partial charge in [0.25, 0.3) is 0 Å². The molecule has 2 aromatic rings. The average molecular weight is 367 g/mol. The van der Waals surface area contributed by atoms with E-state index in [2.05, 4.69) is 17.1 Å². The van der Waals surface area contributed by atoms with Gasteiger partial charge in [-0.15, -0.1) is 0 Å². The van der Waals surface area contributed by atoms with Crippen molar-refractivity contribution in [3.05, 3.63) is 71.3 Å². The van der Waals surface area contributed by atoms with E-state index in [4.69, 9.17) is 5.73 Å². The van der Waals surface area contributed by atoms with E-state index in [0.29, 0.717) is 24.9 Å². The number of primary amides is 1. The summed E-state index contributed by atoms with van der Waals surface area (Å²) in [5, 5.41) is 3.04. The van der Waals surface area contributed by atoms with Gasteiger partial charge in [0.05, 0.1) is 0 Å². The minimum absolute atomic E-state index is 0.0291. The predicted octanol–water partition coefficient (Wildman–Crippen LogP) is 2.57. The Kier molecular flexibility index (Phi) is 7.55. The molecule has 27 heavy (non-hydrogen) atoms. The molecular weight excluding hydrogens is 338 g/mol. The highest BCUT2D eigenvalue weighted by Gasteiger charge is 2.18. The third-order valence-corrected chi connectivity index (χ3v) is 4.86. The van der Waals surface area contributed by atoms with Gasteiger partial charge >= 0.3 is 0 Å². The molecular formula is C22H29N3O2. The largest absolute Gasteiger partial charge is 0.366 e. The van der Waals surface area contributed by atoms with Crippen molar-refractivity contribution in [1.29, 1.82) is 0 Å². The summed E-state index contributed by atoms with van der Waals surface area (Å²) < 4.78 is 0. The van der Waals surface area contributed by atoms with Gasteiger partial charge in [-0.1, -0.05) is 55.5 Å². The van der Waals surface area contributed by atoms with Crippen molar-refractivity contribution in [1.82, 2.24) is 10.2 Å². The second-order valence-electron chi connectivity index (χ2n) is 7.16. The van der Waals surface area contributed by atoms with Crippen molar-refractivity contribution in [2.75, 3.05) is 20.6 Å². The summed E-state index contributed by atoms with van der Waals surface area (Å²) in [7, 11) is 3.94. The normalized spacial score (nSPS) is 13.2. The van der Waals surface area contributed by atoms with Crippen LogP contribution in [0.4, 0.5) is 0 Å². The van der Waals surface area contributed by atoms with Gasteiger partial charge in [0, 0.05) is 24.6 Å². The lowest BCUT2D eigenvalue weighted by Gasteiger charge is -2.25. The molecule has 0 fully saturated rings. The fourth-order valence-corrected chi connectivity index (χ4v) is 3.11. The Hall–Kier alpha value is -2.66. The van der Waals surface area contributed by atoms with Gasteiger partial charge in [0.15, 0.2) is 0 Å². The fraction of sp³-hybridized carbons (Fsp3) is 0.364. The number of nitrogens with one attached hydrogen (secondary N) is 1. The van der Waals surface area contributed by atoms with Crippen LogP contribution in [0.2, 0.25) is 0 Å². The number of nitrogens with two attached hydrogens (primary N) is 1. The molecule has 0 bridgehead atoms. The number of rotatable bonds is 9. The van der Waals surface area contributed by atoms with Crippen molar-refractivity contribution >= 4 is 11.8 Å². The van der Waals surface area contributed by atoms with Crippen LogP contribution >= 0.6 is 0 Å². The minimum atomic E-state index is -0.427. The molecule has 0 aliphatic heterocycles. The lowest BCUT2D eigenvalue weighted by Crippen LogP contribution is -2.42. The summed E-state index contributed by atoms with van der Waals surface area (Å²) in [6.07, 6.45) is 1.09. The molecule has 2 amide bonds. The lowest BCUT2D eigenvalue weighted by molar-refractivity contribution is -0.121. The zero-order chi connectivity index (χ0) is 19.8. The summed E-state index contributed by atoms with van der Waals surface area (Å²) in [5.74, 6) is -0.232. The fourth-order valence-electron chi connectivity index (χ4n) is 3.11. The van der Waals surface area contributed by atoms with Crippen LogP contribution in [-0.2, 0) is 11.2 Å². The van der Waals surface area contributed by atoms with Crippen LogP contribution in [0.3, 0.4) is 0 Å². The van der Waals surface area contributed by atoms with E-state index in [1.54, 1.807) is 12.1 Å². The van der Waals surface area contributed by atoms with Gasteiger partial charge in [0.2, 0.25) is 11.8 Å². The van der Waals surface area contributed by atoms with Crippen LogP contribution in [0, 0.1) is 0 Å². The molecule has 5 nitrogen and oxygen atoms in total. The first-order chi connectivity index (χ1) is 12.9. The van der Waals surface area contributed by atoms with E-state index in [-0.39, 0.29) is 17.9 Å². The number of carbonyl (C=O) groups is 2. The number of carbonyl (C=O) groups excluding carboxylic acids is 2. The van der Waals surface area contributed by atoms with Crippen molar-refractivity contribution in [2.24, 2.45) is 5.73 Å². The Bertz CT molecular complexity index is 759. The number of likely N-dealkylation sites (N-methyl/N-ethyl adjacent to an activating group) is 1. The molecule has 2 rings (SSSR count). The Balaban J connectivity index is 1.95. The van der Waals surface area contributed by atoms with Gasteiger partial charge in [-0.05, 0) is 43.6 Å². The first-order valence-electron chi connectivity index (χ1n) is 9.24. The zero-order valence-electron chi connectivity index (χ0n) is 16.3. The molecule has 2 aromatic carbocycles. The molecule has 2 atom stereocenters. The van der Waals surface area contributed by atoms with Crippen molar-refractivity contribution in [2.45, 2.75) is 31.7 Å². The van der Waals surface area contributed by atoms with Crippen LogP contribution in [0.5, 0.6) is 0 Å². The maximum absolute atomic E-state index is 12.4. The highest BCUT2D eigenvalue weighted by Crippen LogP contribution is 2.18. The first-order valence-corrected chi connectivity index (χ1v) is 9.24. The Morgan fingerprint density at radius 3 is 2.30 bits per heavy atom. The van der Waals surface area contributed by atoms with E-state index in [1.807, 2.05) is 56.6 Å². The van der Waals surface area contributed by atoms with Crippen molar-refractivity contribution in [3.8, 4) is 0 Å². The molecule has 0 heterocycles. The van der Waals surface area contributed by atoms with Gasteiger partial charge in [-0.25, -0.2) is 0 Å². The predicted molar refractivity (Wildman–Crippen MR) is 109 cm³/mol. The van der Waals surface area contributed by atoms with E-state index >= 15 is 0 Å². The van der Waals surface area contributed by atoms with Crippen molar-refractivity contribution < 1.29 is 9.59 Å². The standard InChI is InChI=1S/C22H29N3O2/c1-16(17-9-5-4-6-10-17)13-21(26)24-15-19(25(2)3)14-18-11-7-8-12-20(18)22(23)27/h4-12,16,19H,13-15H2,1-3H3,(H2,23,27)(H,24,26)/t16-,19+/m0/s1. The summed E-state index contributed by atoms with van der Waals surface area (Å²) in [6.45, 7) is 2.57. The quantitative estimate of drug-likeness (QED) is 0.715. The maximum Gasteiger partial charge on any atom is 0.248 e. The van der Waals surface area contributed by atoms with Crippen LogP contribution in [0.15, 0.2) is 54.6 Å². The number of benzene rings is 2. The number of hydrogen-bond donors (Lipinski definition) is 2. The molecule has 0 aromatic heterocycles. The van der Waals surface area contributed by atoms with E-state index in [9.17, 15) is 9.59 Å². The summed E-state index contributed by atoms with van der Waals surface area (Å²) >= 11 is 0. The molecule has 0 spiro atoms. The smallest absolute Gasteiger partial charge is 0.248 e. The first kappa shape index (κ1) is 20.6. The molecule has 3 N–H and O–H groups in total.